The third kappa shape index (κ3) is 4.55. The summed E-state index contributed by atoms with van der Waals surface area (Å²) < 4.78 is 6.19. The highest BCUT2D eigenvalue weighted by molar-refractivity contribution is 7.19. The number of amides is 1. The molecule has 2 aromatic carbocycles. The first-order valence-corrected chi connectivity index (χ1v) is 8.95. The lowest BCUT2D eigenvalue weighted by molar-refractivity contribution is -0.148. The molecule has 0 spiro atoms. The number of nitrogens with zero attached hydrogens (tertiary/aromatic N) is 1. The number of carbonyl (C=O) groups excluding carboxylic acids is 2. The molecule has 3 rings (SSSR count). The predicted molar refractivity (Wildman–Crippen MR) is 104 cm³/mol. The lowest BCUT2D eigenvalue weighted by Gasteiger charge is -2.12. The number of fused-ring (bicyclic) bond motifs is 1. The summed E-state index contributed by atoms with van der Waals surface area (Å²) >= 11 is 1.48. The average Bonchev–Trinajstić information content (AvgIpc) is 3.05. The fraction of sp³-hybridized carbons (Fsp3) is 0.150. The molecule has 0 bridgehead atoms. The minimum Gasteiger partial charge on any atom is -0.449 e. The first-order chi connectivity index (χ1) is 12.5. The summed E-state index contributed by atoms with van der Waals surface area (Å²) in [5.74, 6) is -0.966. The second-order valence-corrected chi connectivity index (χ2v) is 6.85. The van der Waals surface area contributed by atoms with Gasteiger partial charge < -0.3 is 10.1 Å². The molecule has 1 aromatic heterocycles. The van der Waals surface area contributed by atoms with Crippen molar-refractivity contribution < 1.29 is 14.3 Å². The number of aromatic nitrogens is 1. The Morgan fingerprint density at radius 3 is 2.62 bits per heavy atom. The normalized spacial score (nSPS) is 12.2. The maximum absolute atomic E-state index is 12.1. The third-order valence-corrected chi connectivity index (χ3v) is 4.66. The lowest BCUT2D eigenvalue weighted by atomic mass is 10.2. The van der Waals surface area contributed by atoms with Crippen molar-refractivity contribution >= 4 is 45.2 Å². The van der Waals surface area contributed by atoms with Crippen LogP contribution in [0.25, 0.3) is 16.3 Å². The van der Waals surface area contributed by atoms with Gasteiger partial charge in [0.15, 0.2) is 6.10 Å². The van der Waals surface area contributed by atoms with Crippen molar-refractivity contribution in [3.05, 3.63) is 65.2 Å². The summed E-state index contributed by atoms with van der Waals surface area (Å²) in [6, 6.07) is 15.1. The molecule has 0 saturated heterocycles. The molecule has 1 heterocycles. The van der Waals surface area contributed by atoms with Gasteiger partial charge in [0.1, 0.15) is 5.01 Å². The number of hydrogen-bond donors (Lipinski definition) is 1. The summed E-state index contributed by atoms with van der Waals surface area (Å²) in [5.41, 5.74) is 2.65. The topological polar surface area (TPSA) is 68.3 Å². The van der Waals surface area contributed by atoms with E-state index in [0.29, 0.717) is 10.7 Å². The zero-order valence-corrected chi connectivity index (χ0v) is 15.2. The van der Waals surface area contributed by atoms with Crippen LogP contribution in [0.2, 0.25) is 0 Å². The average molecular weight is 366 g/mol. The van der Waals surface area contributed by atoms with Crippen molar-refractivity contribution in [1.29, 1.82) is 0 Å². The Kier molecular flexibility index (Phi) is 5.43. The molecule has 3 aromatic rings. The molecule has 1 N–H and O–H groups in total. The van der Waals surface area contributed by atoms with Gasteiger partial charge in [-0.3, -0.25) is 4.79 Å². The van der Waals surface area contributed by atoms with Crippen LogP contribution in [-0.2, 0) is 14.3 Å². The standard InChI is InChI=1S/C20H18N2O3S/c1-13-7-9-15(10-8-13)21-20(24)14(2)25-19(23)12-11-18-22-16-5-3-4-6-17(16)26-18/h3-12,14H,1-2H3,(H,21,24)/b12-11+/t14-/m0/s1. The van der Waals surface area contributed by atoms with Crippen molar-refractivity contribution in [2.45, 2.75) is 20.0 Å². The van der Waals surface area contributed by atoms with E-state index in [9.17, 15) is 9.59 Å². The van der Waals surface area contributed by atoms with Crippen LogP contribution >= 0.6 is 11.3 Å². The van der Waals surface area contributed by atoms with E-state index >= 15 is 0 Å². The van der Waals surface area contributed by atoms with Crippen molar-refractivity contribution in [1.82, 2.24) is 4.98 Å². The number of benzene rings is 2. The Morgan fingerprint density at radius 2 is 1.88 bits per heavy atom. The van der Waals surface area contributed by atoms with E-state index in [1.807, 2.05) is 43.3 Å². The summed E-state index contributed by atoms with van der Waals surface area (Å²) in [6.07, 6.45) is 1.98. The number of anilines is 1. The monoisotopic (exact) mass is 366 g/mol. The molecular weight excluding hydrogens is 348 g/mol. The maximum Gasteiger partial charge on any atom is 0.331 e. The minimum absolute atomic E-state index is 0.379. The van der Waals surface area contributed by atoms with Gasteiger partial charge in [0.2, 0.25) is 0 Å². The fourth-order valence-electron chi connectivity index (χ4n) is 2.25. The summed E-state index contributed by atoms with van der Waals surface area (Å²) in [4.78, 5) is 28.4. The number of para-hydroxylation sites is 1. The largest absolute Gasteiger partial charge is 0.449 e. The van der Waals surface area contributed by atoms with Crippen molar-refractivity contribution in [3.8, 4) is 0 Å². The number of thiazole rings is 1. The van der Waals surface area contributed by atoms with Gasteiger partial charge in [-0.15, -0.1) is 11.3 Å². The van der Waals surface area contributed by atoms with E-state index in [4.69, 9.17) is 4.74 Å². The molecule has 1 amide bonds. The molecule has 0 aliphatic heterocycles. The quantitative estimate of drug-likeness (QED) is 0.543. The number of hydrogen-bond acceptors (Lipinski definition) is 5. The molecule has 26 heavy (non-hydrogen) atoms. The van der Waals surface area contributed by atoms with Gasteiger partial charge in [-0.2, -0.15) is 0 Å². The van der Waals surface area contributed by atoms with Gasteiger partial charge in [0, 0.05) is 11.8 Å². The van der Waals surface area contributed by atoms with Crippen LogP contribution in [0.15, 0.2) is 54.6 Å². The minimum atomic E-state index is -0.899. The number of esters is 1. The fourth-order valence-corrected chi connectivity index (χ4v) is 3.12. The predicted octanol–water partition coefficient (Wildman–Crippen LogP) is 4.19. The molecule has 0 fully saturated rings. The first kappa shape index (κ1) is 17.8. The summed E-state index contributed by atoms with van der Waals surface area (Å²) in [5, 5.41) is 3.42. The van der Waals surface area contributed by atoms with Crippen molar-refractivity contribution in [2.75, 3.05) is 5.32 Å². The van der Waals surface area contributed by atoms with Gasteiger partial charge in [0.25, 0.3) is 5.91 Å². The van der Waals surface area contributed by atoms with Crippen LogP contribution in [-0.4, -0.2) is 23.0 Å². The van der Waals surface area contributed by atoms with Crippen LogP contribution in [0.5, 0.6) is 0 Å². The highest BCUT2D eigenvalue weighted by Gasteiger charge is 2.16. The van der Waals surface area contributed by atoms with Gasteiger partial charge in [0.05, 0.1) is 10.2 Å². The zero-order chi connectivity index (χ0) is 18.5. The van der Waals surface area contributed by atoms with Crippen molar-refractivity contribution in [2.24, 2.45) is 0 Å². The Labute approximate surface area is 155 Å². The van der Waals surface area contributed by atoms with E-state index in [2.05, 4.69) is 10.3 Å². The second kappa shape index (κ2) is 7.93. The van der Waals surface area contributed by atoms with Gasteiger partial charge >= 0.3 is 5.97 Å². The molecule has 5 nitrogen and oxygen atoms in total. The van der Waals surface area contributed by atoms with Gasteiger partial charge in [-0.25, -0.2) is 9.78 Å². The molecule has 0 radical (unpaired) electrons. The Bertz CT molecular complexity index is 928. The molecular formula is C20H18N2O3S. The summed E-state index contributed by atoms with van der Waals surface area (Å²) in [6.45, 7) is 3.50. The third-order valence-electron chi connectivity index (χ3n) is 3.65. The van der Waals surface area contributed by atoms with Crippen LogP contribution < -0.4 is 5.32 Å². The molecule has 6 heteroatoms. The van der Waals surface area contributed by atoms with E-state index in [1.54, 1.807) is 18.2 Å². The van der Waals surface area contributed by atoms with Crippen LogP contribution in [0.4, 0.5) is 5.69 Å². The molecule has 0 aliphatic carbocycles. The Morgan fingerprint density at radius 1 is 1.15 bits per heavy atom. The molecule has 132 valence electrons. The van der Waals surface area contributed by atoms with Gasteiger partial charge in [-0.05, 0) is 44.2 Å². The van der Waals surface area contributed by atoms with Crippen LogP contribution in [0, 0.1) is 6.92 Å². The van der Waals surface area contributed by atoms with Crippen LogP contribution in [0.3, 0.4) is 0 Å². The number of carbonyl (C=O) groups is 2. The van der Waals surface area contributed by atoms with E-state index < -0.39 is 12.1 Å². The Hall–Kier alpha value is -2.99. The van der Waals surface area contributed by atoms with E-state index in [-0.39, 0.29) is 5.91 Å². The van der Waals surface area contributed by atoms with Crippen molar-refractivity contribution in [3.63, 3.8) is 0 Å². The molecule has 0 saturated carbocycles. The first-order valence-electron chi connectivity index (χ1n) is 8.13. The van der Waals surface area contributed by atoms with Crippen LogP contribution in [0.1, 0.15) is 17.5 Å². The highest BCUT2D eigenvalue weighted by atomic mass is 32.1. The van der Waals surface area contributed by atoms with E-state index in [0.717, 1.165) is 15.8 Å². The maximum atomic E-state index is 12.1. The SMILES string of the molecule is Cc1ccc(NC(=O)[C@H](C)OC(=O)/C=C/c2nc3ccccc3s2)cc1. The van der Waals surface area contributed by atoms with E-state index in [1.165, 1.54) is 24.3 Å². The number of rotatable bonds is 5. The molecule has 1 atom stereocenters. The number of nitrogens with one attached hydrogen (secondary N) is 1. The Balaban J connectivity index is 1.56. The molecule has 0 unspecified atom stereocenters. The molecule has 0 aliphatic rings. The highest BCUT2D eigenvalue weighted by Crippen LogP contribution is 2.22. The smallest absolute Gasteiger partial charge is 0.331 e. The number of ether oxygens (including phenoxy) is 1. The summed E-state index contributed by atoms with van der Waals surface area (Å²) in [7, 11) is 0. The number of aryl methyl sites for hydroxylation is 1. The van der Waals surface area contributed by atoms with Gasteiger partial charge in [-0.1, -0.05) is 29.8 Å². The second-order valence-electron chi connectivity index (χ2n) is 5.79. The zero-order valence-electron chi connectivity index (χ0n) is 14.4. The lowest BCUT2D eigenvalue weighted by Crippen LogP contribution is -2.29.